The Labute approximate surface area is 105 Å². The number of hydrogen-bond acceptors (Lipinski definition) is 2. The maximum absolute atomic E-state index is 11.4. The van der Waals surface area contributed by atoms with Gasteiger partial charge in [0.25, 0.3) is 0 Å². The fourth-order valence-corrected chi connectivity index (χ4v) is 2.74. The minimum Gasteiger partial charge on any atom is -0.449 e. The third-order valence-electron chi connectivity index (χ3n) is 3.57. The molecule has 1 aliphatic rings. The lowest BCUT2D eigenvalue weighted by Crippen LogP contribution is -2.31. The molecule has 17 heavy (non-hydrogen) atoms. The zero-order valence-corrected chi connectivity index (χ0v) is 11.7. The van der Waals surface area contributed by atoms with E-state index in [0.717, 1.165) is 11.8 Å². The van der Waals surface area contributed by atoms with Crippen LogP contribution in [0, 0.1) is 17.8 Å². The Kier molecular flexibility index (Phi) is 5.79. The van der Waals surface area contributed by atoms with Crippen LogP contribution >= 0.6 is 0 Å². The molecule has 1 fully saturated rings. The average Bonchev–Trinajstić information content (AvgIpc) is 2.88. The Bertz CT molecular complexity index is 228. The molecule has 0 saturated heterocycles. The van der Waals surface area contributed by atoms with Gasteiger partial charge in [0.1, 0.15) is 0 Å². The molecule has 1 N–H and O–H groups in total. The van der Waals surface area contributed by atoms with Crippen LogP contribution in [0.25, 0.3) is 0 Å². The Morgan fingerprint density at radius 2 is 1.65 bits per heavy atom. The van der Waals surface area contributed by atoms with Crippen molar-refractivity contribution >= 4 is 6.09 Å². The smallest absolute Gasteiger partial charge is 0.407 e. The van der Waals surface area contributed by atoms with Gasteiger partial charge in [-0.3, -0.25) is 0 Å². The second-order valence-corrected chi connectivity index (χ2v) is 5.47. The van der Waals surface area contributed by atoms with Crippen molar-refractivity contribution in [2.45, 2.75) is 59.4 Å². The van der Waals surface area contributed by atoms with Crippen LogP contribution < -0.4 is 5.32 Å². The molecule has 0 spiro atoms. The molecule has 0 aromatic carbocycles. The SMILES string of the molecule is CCC[C@@H]1[C@H](CCC)[C@@H]1COC(=O)NC(C)C. The number of carbonyl (C=O) groups is 1. The van der Waals surface area contributed by atoms with E-state index >= 15 is 0 Å². The lowest BCUT2D eigenvalue weighted by atomic mass is 10.1. The quantitative estimate of drug-likeness (QED) is 0.739. The van der Waals surface area contributed by atoms with Gasteiger partial charge in [0.05, 0.1) is 6.61 Å². The first-order chi connectivity index (χ1) is 8.10. The first-order valence-electron chi connectivity index (χ1n) is 7.03. The molecule has 0 heterocycles. The number of carbonyl (C=O) groups excluding carboxylic acids is 1. The van der Waals surface area contributed by atoms with Crippen LogP contribution in [0.1, 0.15) is 53.4 Å². The number of rotatable bonds is 7. The number of alkyl carbamates (subject to hydrolysis) is 1. The van der Waals surface area contributed by atoms with Crippen molar-refractivity contribution in [1.82, 2.24) is 5.32 Å². The van der Waals surface area contributed by atoms with Gasteiger partial charge in [0.15, 0.2) is 0 Å². The van der Waals surface area contributed by atoms with E-state index in [1.807, 2.05) is 13.8 Å². The van der Waals surface area contributed by atoms with E-state index in [1.54, 1.807) is 0 Å². The summed E-state index contributed by atoms with van der Waals surface area (Å²) in [7, 11) is 0. The predicted molar refractivity (Wildman–Crippen MR) is 69.9 cm³/mol. The summed E-state index contributed by atoms with van der Waals surface area (Å²) in [6, 6.07) is 0.152. The summed E-state index contributed by atoms with van der Waals surface area (Å²) in [5.74, 6) is 2.21. The fraction of sp³-hybridized carbons (Fsp3) is 0.929. The zero-order chi connectivity index (χ0) is 12.8. The molecule has 0 bridgehead atoms. The van der Waals surface area contributed by atoms with E-state index in [0.29, 0.717) is 12.5 Å². The van der Waals surface area contributed by atoms with Crippen LogP contribution in [-0.4, -0.2) is 18.7 Å². The number of hydrogen-bond donors (Lipinski definition) is 1. The molecular formula is C14H27NO2. The molecule has 0 aromatic rings. The van der Waals surface area contributed by atoms with Crippen LogP contribution in [0.3, 0.4) is 0 Å². The zero-order valence-electron chi connectivity index (χ0n) is 11.7. The maximum Gasteiger partial charge on any atom is 0.407 e. The van der Waals surface area contributed by atoms with Crippen molar-refractivity contribution in [3.05, 3.63) is 0 Å². The van der Waals surface area contributed by atoms with E-state index in [4.69, 9.17) is 4.74 Å². The first kappa shape index (κ1) is 14.3. The third-order valence-corrected chi connectivity index (χ3v) is 3.57. The van der Waals surface area contributed by atoms with Gasteiger partial charge in [-0.25, -0.2) is 4.79 Å². The van der Waals surface area contributed by atoms with Crippen molar-refractivity contribution < 1.29 is 9.53 Å². The molecule has 3 nitrogen and oxygen atoms in total. The Balaban J connectivity index is 2.24. The van der Waals surface area contributed by atoms with Crippen LogP contribution in [0.5, 0.6) is 0 Å². The molecule has 1 rings (SSSR count). The van der Waals surface area contributed by atoms with Gasteiger partial charge in [-0.05, 0) is 31.6 Å². The van der Waals surface area contributed by atoms with Gasteiger partial charge in [-0.1, -0.05) is 39.5 Å². The van der Waals surface area contributed by atoms with Crippen molar-refractivity contribution in [2.24, 2.45) is 17.8 Å². The molecule has 100 valence electrons. The molecule has 0 unspecified atom stereocenters. The van der Waals surface area contributed by atoms with Gasteiger partial charge >= 0.3 is 6.09 Å². The second kappa shape index (κ2) is 6.87. The Morgan fingerprint density at radius 1 is 1.12 bits per heavy atom. The minimum atomic E-state index is -0.266. The molecule has 0 aromatic heterocycles. The predicted octanol–water partition coefficient (Wildman–Crippen LogP) is 3.58. The summed E-state index contributed by atoms with van der Waals surface area (Å²) in [5, 5.41) is 2.76. The summed E-state index contributed by atoms with van der Waals surface area (Å²) in [5.41, 5.74) is 0. The van der Waals surface area contributed by atoms with Crippen molar-refractivity contribution in [2.75, 3.05) is 6.61 Å². The van der Waals surface area contributed by atoms with Crippen molar-refractivity contribution in [3.63, 3.8) is 0 Å². The van der Waals surface area contributed by atoms with E-state index < -0.39 is 0 Å². The largest absolute Gasteiger partial charge is 0.449 e. The average molecular weight is 241 g/mol. The van der Waals surface area contributed by atoms with E-state index in [2.05, 4.69) is 19.2 Å². The molecule has 1 aliphatic carbocycles. The lowest BCUT2D eigenvalue weighted by Gasteiger charge is -2.09. The lowest BCUT2D eigenvalue weighted by molar-refractivity contribution is 0.135. The van der Waals surface area contributed by atoms with Crippen molar-refractivity contribution in [1.29, 1.82) is 0 Å². The highest BCUT2D eigenvalue weighted by molar-refractivity contribution is 5.67. The van der Waals surface area contributed by atoms with Crippen LogP contribution in [-0.2, 0) is 4.74 Å². The highest BCUT2D eigenvalue weighted by atomic mass is 16.5. The molecule has 3 atom stereocenters. The summed E-state index contributed by atoms with van der Waals surface area (Å²) in [6.07, 6.45) is 4.77. The maximum atomic E-state index is 11.4. The van der Waals surface area contributed by atoms with Gasteiger partial charge < -0.3 is 10.1 Å². The summed E-state index contributed by atoms with van der Waals surface area (Å²) in [4.78, 5) is 11.4. The standard InChI is InChI=1S/C14H27NO2/c1-5-7-11-12(8-6-2)13(11)9-17-14(16)15-10(3)4/h10-13H,5-9H2,1-4H3,(H,15,16)/t11-,12+,13-. The normalized spacial score (nSPS) is 27.0. The molecule has 0 radical (unpaired) electrons. The summed E-state index contributed by atoms with van der Waals surface area (Å²) >= 11 is 0. The van der Waals surface area contributed by atoms with Crippen LogP contribution in [0.15, 0.2) is 0 Å². The third kappa shape index (κ3) is 4.57. The molecule has 0 aliphatic heterocycles. The summed E-state index contributed by atoms with van der Waals surface area (Å²) < 4.78 is 5.28. The fourth-order valence-electron chi connectivity index (χ4n) is 2.74. The van der Waals surface area contributed by atoms with Gasteiger partial charge in [-0.2, -0.15) is 0 Å². The Hall–Kier alpha value is -0.730. The Morgan fingerprint density at radius 3 is 2.06 bits per heavy atom. The molecule has 3 heteroatoms. The van der Waals surface area contributed by atoms with Crippen molar-refractivity contribution in [3.8, 4) is 0 Å². The second-order valence-electron chi connectivity index (χ2n) is 5.47. The van der Waals surface area contributed by atoms with Gasteiger partial charge in [0.2, 0.25) is 0 Å². The number of nitrogens with one attached hydrogen (secondary N) is 1. The highest BCUT2D eigenvalue weighted by Crippen LogP contribution is 2.51. The number of amides is 1. The monoisotopic (exact) mass is 241 g/mol. The van der Waals surface area contributed by atoms with Crippen LogP contribution in [0.2, 0.25) is 0 Å². The van der Waals surface area contributed by atoms with Gasteiger partial charge in [0, 0.05) is 6.04 Å². The highest BCUT2D eigenvalue weighted by Gasteiger charge is 2.48. The van der Waals surface area contributed by atoms with Crippen LogP contribution in [0.4, 0.5) is 4.79 Å². The topological polar surface area (TPSA) is 38.3 Å². The van der Waals surface area contributed by atoms with E-state index in [-0.39, 0.29) is 12.1 Å². The molecule has 1 saturated carbocycles. The minimum absolute atomic E-state index is 0.152. The van der Waals surface area contributed by atoms with E-state index in [1.165, 1.54) is 25.7 Å². The van der Waals surface area contributed by atoms with E-state index in [9.17, 15) is 4.79 Å². The molecule has 1 amide bonds. The first-order valence-corrected chi connectivity index (χ1v) is 7.03. The molecular weight excluding hydrogens is 214 g/mol. The number of ether oxygens (including phenoxy) is 1. The van der Waals surface area contributed by atoms with Gasteiger partial charge in [-0.15, -0.1) is 0 Å². The summed E-state index contributed by atoms with van der Waals surface area (Å²) in [6.45, 7) is 8.94.